The van der Waals surface area contributed by atoms with Crippen LogP contribution in [0, 0.1) is 11.8 Å². The van der Waals surface area contributed by atoms with Gasteiger partial charge in [0.1, 0.15) is 11.4 Å². The van der Waals surface area contributed by atoms with E-state index in [1.807, 2.05) is 29.7 Å². The van der Waals surface area contributed by atoms with E-state index in [1.165, 1.54) is 0 Å². The van der Waals surface area contributed by atoms with E-state index in [9.17, 15) is 0 Å². The number of rotatable bonds is 1. The lowest BCUT2D eigenvalue weighted by molar-refractivity contribution is 0.109. The second-order valence-electron chi connectivity index (χ2n) is 5.34. The molecule has 3 heteroatoms. The van der Waals surface area contributed by atoms with Crippen LogP contribution in [0.1, 0.15) is 30.4 Å². The van der Waals surface area contributed by atoms with Crippen molar-refractivity contribution >= 4 is 27.3 Å². The lowest BCUT2D eigenvalue weighted by Gasteiger charge is -2.36. The molecular weight excluding hydrogens is 344 g/mol. The van der Waals surface area contributed by atoms with Crippen molar-refractivity contribution in [3.63, 3.8) is 0 Å². The maximum Gasteiger partial charge on any atom is 0.126 e. The Hall–Kier alpha value is -1.50. The summed E-state index contributed by atoms with van der Waals surface area (Å²) in [7, 11) is 0. The molecule has 0 saturated carbocycles. The lowest BCUT2D eigenvalue weighted by Crippen LogP contribution is -2.35. The summed E-state index contributed by atoms with van der Waals surface area (Å²) in [6.45, 7) is 5.97. The molecule has 1 aliphatic heterocycles. The summed E-state index contributed by atoms with van der Waals surface area (Å²) < 4.78 is 7.14. The Bertz CT molecular complexity index is 723. The van der Waals surface area contributed by atoms with Gasteiger partial charge in [-0.3, -0.25) is 0 Å². The molecule has 1 aromatic heterocycles. The van der Waals surface area contributed by atoms with Gasteiger partial charge in [0.2, 0.25) is 0 Å². The Morgan fingerprint density at radius 3 is 3.05 bits per heavy atom. The molecule has 1 aliphatic rings. The van der Waals surface area contributed by atoms with Gasteiger partial charge in [0.25, 0.3) is 0 Å². The van der Waals surface area contributed by atoms with E-state index in [2.05, 4.69) is 52.7 Å². The average molecular weight is 359 g/mol. The van der Waals surface area contributed by atoms with Crippen molar-refractivity contribution in [1.29, 1.82) is 0 Å². The van der Waals surface area contributed by atoms with E-state index in [0.717, 1.165) is 27.8 Å². The van der Waals surface area contributed by atoms with Crippen molar-refractivity contribution in [1.82, 2.24) is 0 Å². The molecule has 0 amide bonds. The molecule has 3 rings (SSSR count). The van der Waals surface area contributed by atoms with Crippen molar-refractivity contribution in [3.8, 4) is 17.6 Å². The SMILES string of the molecule is C=C[C@]1(C)C[C@H](C#Cc2ccsc2)c2cc(Br)ccc2O1. The summed E-state index contributed by atoms with van der Waals surface area (Å²) in [6, 6.07) is 8.15. The maximum absolute atomic E-state index is 6.09. The predicted molar refractivity (Wildman–Crippen MR) is 91.9 cm³/mol. The molecule has 0 saturated heterocycles. The van der Waals surface area contributed by atoms with Crippen LogP contribution in [0.25, 0.3) is 0 Å². The molecule has 0 spiro atoms. The van der Waals surface area contributed by atoms with Gasteiger partial charge in [-0.25, -0.2) is 0 Å². The van der Waals surface area contributed by atoms with Gasteiger partial charge in [-0.05, 0) is 42.6 Å². The second-order valence-corrected chi connectivity index (χ2v) is 7.03. The third kappa shape index (κ3) is 3.07. The van der Waals surface area contributed by atoms with Gasteiger partial charge in [0, 0.05) is 27.4 Å². The van der Waals surface area contributed by atoms with Crippen molar-refractivity contribution in [2.24, 2.45) is 0 Å². The van der Waals surface area contributed by atoms with Crippen molar-refractivity contribution in [2.45, 2.75) is 24.9 Å². The summed E-state index contributed by atoms with van der Waals surface area (Å²) in [4.78, 5) is 0. The zero-order chi connectivity index (χ0) is 14.9. The Labute approximate surface area is 137 Å². The van der Waals surface area contributed by atoms with Crippen molar-refractivity contribution in [3.05, 3.63) is 63.3 Å². The smallest absolute Gasteiger partial charge is 0.126 e. The largest absolute Gasteiger partial charge is 0.483 e. The monoisotopic (exact) mass is 358 g/mol. The molecule has 0 N–H and O–H groups in total. The highest BCUT2D eigenvalue weighted by Crippen LogP contribution is 2.42. The van der Waals surface area contributed by atoms with Gasteiger partial charge in [-0.15, -0.1) is 0 Å². The minimum atomic E-state index is -0.366. The van der Waals surface area contributed by atoms with E-state index in [0.29, 0.717) is 0 Å². The van der Waals surface area contributed by atoms with Crippen LogP contribution < -0.4 is 4.74 Å². The fraction of sp³-hybridized carbons (Fsp3) is 0.222. The normalized spacial score (nSPS) is 23.4. The molecule has 21 heavy (non-hydrogen) atoms. The molecule has 0 unspecified atom stereocenters. The third-order valence-corrected chi connectivity index (χ3v) is 4.82. The summed E-state index contributed by atoms with van der Waals surface area (Å²) >= 11 is 5.20. The van der Waals surface area contributed by atoms with Crippen LogP contribution in [0.2, 0.25) is 0 Å². The summed E-state index contributed by atoms with van der Waals surface area (Å²) in [5.74, 6) is 7.72. The average Bonchev–Trinajstić information content (AvgIpc) is 2.99. The maximum atomic E-state index is 6.09. The van der Waals surface area contributed by atoms with Gasteiger partial charge in [0.15, 0.2) is 0 Å². The molecule has 106 valence electrons. The van der Waals surface area contributed by atoms with E-state index in [-0.39, 0.29) is 11.5 Å². The molecular formula is C18H15BrOS. The molecule has 0 radical (unpaired) electrons. The number of ether oxygens (including phenoxy) is 1. The van der Waals surface area contributed by atoms with Crippen LogP contribution in [0.15, 0.2) is 52.2 Å². The van der Waals surface area contributed by atoms with Gasteiger partial charge in [-0.2, -0.15) is 11.3 Å². The highest BCUT2D eigenvalue weighted by molar-refractivity contribution is 9.10. The van der Waals surface area contributed by atoms with Crippen molar-refractivity contribution in [2.75, 3.05) is 0 Å². The van der Waals surface area contributed by atoms with Crippen LogP contribution in [0.3, 0.4) is 0 Å². The highest BCUT2D eigenvalue weighted by atomic mass is 79.9. The molecule has 1 aromatic carbocycles. The summed E-state index contributed by atoms with van der Waals surface area (Å²) in [5, 5.41) is 4.12. The van der Waals surface area contributed by atoms with E-state index in [4.69, 9.17) is 4.74 Å². The van der Waals surface area contributed by atoms with E-state index >= 15 is 0 Å². The lowest BCUT2D eigenvalue weighted by atomic mass is 9.84. The summed E-state index contributed by atoms with van der Waals surface area (Å²) in [6.07, 6.45) is 2.69. The van der Waals surface area contributed by atoms with Crippen LogP contribution in [-0.2, 0) is 0 Å². The van der Waals surface area contributed by atoms with E-state index in [1.54, 1.807) is 11.3 Å². The molecule has 0 fully saturated rings. The molecule has 2 atom stereocenters. The first kappa shape index (κ1) is 14.4. The predicted octanol–water partition coefficient (Wildman–Crippen LogP) is 5.37. The fourth-order valence-electron chi connectivity index (χ4n) is 2.45. The zero-order valence-electron chi connectivity index (χ0n) is 11.7. The molecule has 2 aromatic rings. The van der Waals surface area contributed by atoms with E-state index < -0.39 is 0 Å². The van der Waals surface area contributed by atoms with Crippen LogP contribution >= 0.6 is 27.3 Å². The Morgan fingerprint density at radius 2 is 2.33 bits per heavy atom. The number of fused-ring (bicyclic) bond motifs is 1. The van der Waals surface area contributed by atoms with Crippen molar-refractivity contribution < 1.29 is 4.74 Å². The second kappa shape index (κ2) is 5.71. The quantitative estimate of drug-likeness (QED) is 0.491. The van der Waals surface area contributed by atoms with Crippen LogP contribution in [0.5, 0.6) is 5.75 Å². The van der Waals surface area contributed by atoms with Crippen LogP contribution in [0.4, 0.5) is 0 Å². The van der Waals surface area contributed by atoms with Gasteiger partial charge >= 0.3 is 0 Å². The first-order chi connectivity index (χ1) is 10.1. The number of hydrogen-bond acceptors (Lipinski definition) is 2. The standard InChI is InChI=1S/C18H15BrOS/c1-3-18(2)11-14(5-4-13-8-9-21-12-13)16-10-15(19)6-7-17(16)20-18/h3,6-10,12,14H,1,11H2,2H3/t14-,18+/m0/s1. The number of thiophene rings is 1. The Kier molecular flexibility index (Phi) is 3.93. The van der Waals surface area contributed by atoms with Crippen LogP contribution in [-0.4, -0.2) is 5.60 Å². The Balaban J connectivity index is 2.02. The third-order valence-electron chi connectivity index (χ3n) is 3.64. The summed E-state index contributed by atoms with van der Waals surface area (Å²) in [5.41, 5.74) is 1.85. The van der Waals surface area contributed by atoms with Gasteiger partial charge in [-0.1, -0.05) is 34.3 Å². The molecule has 1 nitrogen and oxygen atoms in total. The minimum absolute atomic E-state index is 0.147. The minimum Gasteiger partial charge on any atom is -0.483 e. The topological polar surface area (TPSA) is 9.23 Å². The molecule has 0 bridgehead atoms. The highest BCUT2D eigenvalue weighted by Gasteiger charge is 2.34. The first-order valence-corrected chi connectivity index (χ1v) is 8.49. The number of hydrogen-bond donors (Lipinski definition) is 0. The van der Waals surface area contributed by atoms with Gasteiger partial charge in [0.05, 0.1) is 5.92 Å². The first-order valence-electron chi connectivity index (χ1n) is 6.75. The van der Waals surface area contributed by atoms with Gasteiger partial charge < -0.3 is 4.74 Å². The molecule has 0 aliphatic carbocycles. The zero-order valence-corrected chi connectivity index (χ0v) is 14.1. The fourth-order valence-corrected chi connectivity index (χ4v) is 3.42. The molecule has 2 heterocycles. The Morgan fingerprint density at radius 1 is 1.48 bits per heavy atom. The number of halogens is 1. The number of benzene rings is 1.